The summed E-state index contributed by atoms with van der Waals surface area (Å²) in [4.78, 5) is 20.9. The van der Waals surface area contributed by atoms with Crippen LogP contribution in [0.25, 0.3) is 11.0 Å². The van der Waals surface area contributed by atoms with Crippen molar-refractivity contribution >= 4 is 22.6 Å². The fraction of sp³-hybridized carbons (Fsp3) is 0.600. The van der Waals surface area contributed by atoms with Crippen LogP contribution < -0.4 is 4.90 Å². The number of fused-ring (bicyclic) bond motifs is 3. The highest BCUT2D eigenvalue weighted by molar-refractivity contribution is 5.83. The first-order chi connectivity index (χ1) is 13.7. The van der Waals surface area contributed by atoms with Crippen molar-refractivity contribution in [3.05, 3.63) is 23.8 Å². The quantitative estimate of drug-likeness (QED) is 0.708. The maximum Gasteiger partial charge on any atom is 0.225 e. The maximum absolute atomic E-state index is 15.2. The SMILES string of the molecule is CCCOCCC(=O)N1CCn2c(c(F)c3cc(N4CCOCC4)cnc32)C1. The minimum atomic E-state index is -0.266. The predicted molar refractivity (Wildman–Crippen MR) is 104 cm³/mol. The van der Waals surface area contributed by atoms with Crippen molar-refractivity contribution in [2.24, 2.45) is 0 Å². The van der Waals surface area contributed by atoms with Gasteiger partial charge in [-0.05, 0) is 12.5 Å². The van der Waals surface area contributed by atoms with Crippen LogP contribution in [0.4, 0.5) is 10.1 Å². The summed E-state index contributed by atoms with van der Waals surface area (Å²) in [6.45, 7) is 7.42. The summed E-state index contributed by atoms with van der Waals surface area (Å²) in [5.74, 6) is -0.258. The average Bonchev–Trinajstić information content (AvgIpc) is 3.03. The van der Waals surface area contributed by atoms with Gasteiger partial charge in [0.15, 0.2) is 5.82 Å². The van der Waals surface area contributed by atoms with Gasteiger partial charge in [0.25, 0.3) is 0 Å². The van der Waals surface area contributed by atoms with Crippen molar-refractivity contribution in [2.75, 3.05) is 51.0 Å². The van der Waals surface area contributed by atoms with Crippen LogP contribution in [-0.4, -0.2) is 66.4 Å². The maximum atomic E-state index is 15.2. The molecule has 0 spiro atoms. The van der Waals surface area contributed by atoms with Crippen LogP contribution in [0, 0.1) is 5.82 Å². The first-order valence-electron chi connectivity index (χ1n) is 10.0. The minimum Gasteiger partial charge on any atom is -0.381 e. The zero-order valence-corrected chi connectivity index (χ0v) is 16.3. The molecule has 28 heavy (non-hydrogen) atoms. The minimum absolute atomic E-state index is 0.00831. The molecule has 8 heteroatoms. The van der Waals surface area contributed by atoms with E-state index in [1.165, 1.54) is 0 Å². The largest absolute Gasteiger partial charge is 0.381 e. The number of carbonyl (C=O) groups excluding carboxylic acids is 1. The number of nitrogens with zero attached hydrogens (tertiary/aromatic N) is 4. The van der Waals surface area contributed by atoms with Crippen molar-refractivity contribution in [3.63, 3.8) is 0 Å². The zero-order valence-electron chi connectivity index (χ0n) is 16.3. The highest BCUT2D eigenvalue weighted by atomic mass is 19.1. The van der Waals surface area contributed by atoms with Crippen LogP contribution in [0.2, 0.25) is 0 Å². The molecule has 0 bridgehead atoms. The van der Waals surface area contributed by atoms with Gasteiger partial charge in [0.2, 0.25) is 5.91 Å². The molecule has 0 aliphatic carbocycles. The molecule has 2 aromatic rings. The number of anilines is 1. The second-order valence-corrected chi connectivity index (χ2v) is 7.25. The molecule has 0 atom stereocenters. The molecule has 152 valence electrons. The molecule has 4 heterocycles. The molecule has 2 aliphatic heterocycles. The van der Waals surface area contributed by atoms with Gasteiger partial charge in [-0.15, -0.1) is 0 Å². The summed E-state index contributed by atoms with van der Waals surface area (Å²) in [6, 6.07) is 1.87. The van der Waals surface area contributed by atoms with Crippen LogP contribution in [0.5, 0.6) is 0 Å². The molecule has 1 fully saturated rings. The van der Waals surface area contributed by atoms with E-state index in [4.69, 9.17) is 9.47 Å². The van der Waals surface area contributed by atoms with Gasteiger partial charge in [-0.3, -0.25) is 4.79 Å². The number of hydrogen-bond acceptors (Lipinski definition) is 5. The number of halogens is 1. The number of amides is 1. The van der Waals surface area contributed by atoms with Crippen LogP contribution in [0.1, 0.15) is 25.5 Å². The van der Waals surface area contributed by atoms with Gasteiger partial charge in [0.05, 0.1) is 55.8 Å². The average molecular weight is 390 g/mol. The molecule has 0 aromatic carbocycles. The van der Waals surface area contributed by atoms with Gasteiger partial charge in [0, 0.05) is 32.8 Å². The molecule has 0 radical (unpaired) electrons. The molecule has 0 unspecified atom stereocenters. The molecule has 2 aromatic heterocycles. The third-order valence-corrected chi connectivity index (χ3v) is 5.40. The van der Waals surface area contributed by atoms with E-state index < -0.39 is 0 Å². The Balaban J connectivity index is 1.52. The molecule has 0 saturated carbocycles. The highest BCUT2D eigenvalue weighted by Gasteiger charge is 2.27. The zero-order chi connectivity index (χ0) is 19.5. The topological polar surface area (TPSA) is 59.8 Å². The van der Waals surface area contributed by atoms with Gasteiger partial charge in [-0.1, -0.05) is 6.92 Å². The van der Waals surface area contributed by atoms with E-state index in [0.717, 1.165) is 25.2 Å². The third-order valence-electron chi connectivity index (χ3n) is 5.40. The summed E-state index contributed by atoms with van der Waals surface area (Å²) in [7, 11) is 0. The number of morpholine rings is 1. The number of hydrogen-bond donors (Lipinski definition) is 0. The summed E-state index contributed by atoms with van der Waals surface area (Å²) in [5.41, 5.74) is 2.11. The summed E-state index contributed by atoms with van der Waals surface area (Å²) >= 11 is 0. The summed E-state index contributed by atoms with van der Waals surface area (Å²) in [5, 5.41) is 0.527. The first kappa shape index (κ1) is 19.1. The number of pyridine rings is 1. The second-order valence-electron chi connectivity index (χ2n) is 7.25. The Hall–Kier alpha value is -2.19. The number of aromatic nitrogens is 2. The third kappa shape index (κ3) is 3.71. The Morgan fingerprint density at radius 2 is 2.07 bits per heavy atom. The van der Waals surface area contributed by atoms with Crippen molar-refractivity contribution in [1.82, 2.24) is 14.5 Å². The highest BCUT2D eigenvalue weighted by Crippen LogP contribution is 2.30. The second kappa shape index (κ2) is 8.45. The lowest BCUT2D eigenvalue weighted by Gasteiger charge is -2.29. The molecular weight excluding hydrogens is 363 g/mol. The lowest BCUT2D eigenvalue weighted by molar-refractivity contribution is -0.133. The van der Waals surface area contributed by atoms with Gasteiger partial charge < -0.3 is 23.8 Å². The van der Waals surface area contributed by atoms with Crippen molar-refractivity contribution in [3.8, 4) is 0 Å². The standard InChI is InChI=1S/C20H27FN4O3/c1-2-8-27-9-3-18(26)24-4-5-25-17(14-24)19(21)16-12-15(13-22-20(16)25)23-6-10-28-11-7-23/h12-13H,2-11,14H2,1H3. The Labute approximate surface area is 164 Å². The normalized spacial score (nSPS) is 17.2. The van der Waals surface area contributed by atoms with Crippen molar-refractivity contribution in [1.29, 1.82) is 0 Å². The molecule has 4 rings (SSSR count). The monoisotopic (exact) mass is 390 g/mol. The Bertz CT molecular complexity index is 848. The van der Waals surface area contributed by atoms with Gasteiger partial charge in [-0.2, -0.15) is 0 Å². The predicted octanol–water partition coefficient (Wildman–Crippen LogP) is 2.17. The molecule has 0 N–H and O–H groups in total. The van der Waals surface area contributed by atoms with Crippen LogP contribution >= 0.6 is 0 Å². The molecule has 1 amide bonds. The van der Waals surface area contributed by atoms with Crippen molar-refractivity contribution < 1.29 is 18.7 Å². The molecule has 7 nitrogen and oxygen atoms in total. The van der Waals surface area contributed by atoms with E-state index in [-0.39, 0.29) is 18.3 Å². The molecular formula is C20H27FN4O3. The summed E-state index contributed by atoms with van der Waals surface area (Å²) < 4.78 is 27.9. The van der Waals surface area contributed by atoms with Gasteiger partial charge in [0.1, 0.15) is 5.65 Å². The lowest BCUT2D eigenvalue weighted by Crippen LogP contribution is -2.38. The van der Waals surface area contributed by atoms with Crippen LogP contribution in [-0.2, 0) is 27.4 Å². The van der Waals surface area contributed by atoms with E-state index in [9.17, 15) is 4.79 Å². The fourth-order valence-corrected chi connectivity index (χ4v) is 3.87. The van der Waals surface area contributed by atoms with Crippen molar-refractivity contribution in [2.45, 2.75) is 32.9 Å². The van der Waals surface area contributed by atoms with E-state index >= 15 is 4.39 Å². The van der Waals surface area contributed by atoms with Gasteiger partial charge >= 0.3 is 0 Å². The Morgan fingerprint density at radius 1 is 1.25 bits per heavy atom. The van der Waals surface area contributed by atoms with E-state index in [0.29, 0.717) is 62.7 Å². The number of carbonyl (C=O) groups is 1. The number of rotatable bonds is 6. The lowest BCUT2D eigenvalue weighted by atomic mass is 10.2. The van der Waals surface area contributed by atoms with E-state index in [1.54, 1.807) is 4.90 Å². The van der Waals surface area contributed by atoms with E-state index in [2.05, 4.69) is 9.88 Å². The summed E-state index contributed by atoms with van der Waals surface area (Å²) in [6.07, 6.45) is 3.08. The Kier molecular flexibility index (Phi) is 5.77. The molecule has 1 saturated heterocycles. The van der Waals surface area contributed by atoms with E-state index in [1.807, 2.05) is 23.8 Å². The van der Waals surface area contributed by atoms with Gasteiger partial charge in [-0.25, -0.2) is 9.37 Å². The number of ether oxygens (including phenoxy) is 2. The smallest absolute Gasteiger partial charge is 0.225 e. The fourth-order valence-electron chi connectivity index (χ4n) is 3.87. The Morgan fingerprint density at radius 3 is 2.86 bits per heavy atom. The molecule has 2 aliphatic rings. The van der Waals surface area contributed by atoms with Crippen LogP contribution in [0.15, 0.2) is 12.3 Å². The van der Waals surface area contributed by atoms with Crippen LogP contribution in [0.3, 0.4) is 0 Å². The first-order valence-corrected chi connectivity index (χ1v) is 10.0.